The molecule has 0 bridgehead atoms. The topological polar surface area (TPSA) is 112 Å². The first-order valence-electron chi connectivity index (χ1n) is 12.4. The lowest BCUT2D eigenvalue weighted by atomic mass is 10.1. The van der Waals surface area contributed by atoms with Gasteiger partial charge in [-0.1, -0.05) is 12.1 Å². The van der Waals surface area contributed by atoms with Gasteiger partial charge in [0.15, 0.2) is 0 Å². The summed E-state index contributed by atoms with van der Waals surface area (Å²) in [5.74, 6) is -0.0645. The van der Waals surface area contributed by atoms with Crippen LogP contribution in [-0.2, 0) is 4.79 Å². The molecule has 0 spiro atoms. The van der Waals surface area contributed by atoms with Gasteiger partial charge in [0.05, 0.1) is 5.69 Å². The maximum Gasteiger partial charge on any atom is 0.255 e. The Labute approximate surface area is 228 Å². The summed E-state index contributed by atoms with van der Waals surface area (Å²) in [5, 5.41) is 8.97. The molecule has 2 amide bonds. The molecule has 198 valence electrons. The lowest BCUT2D eigenvalue weighted by Crippen LogP contribution is -2.14. The van der Waals surface area contributed by atoms with Crippen LogP contribution in [0.5, 0.6) is 0 Å². The number of carbonyl (C=O) groups is 2. The first-order chi connectivity index (χ1) is 18.8. The molecule has 0 aliphatic rings. The molecule has 0 aliphatic heterocycles. The van der Waals surface area contributed by atoms with Gasteiger partial charge >= 0.3 is 0 Å². The van der Waals surface area contributed by atoms with E-state index in [2.05, 4.69) is 30.9 Å². The van der Waals surface area contributed by atoms with Gasteiger partial charge in [0.2, 0.25) is 11.9 Å². The summed E-state index contributed by atoms with van der Waals surface area (Å²) in [4.78, 5) is 40.3. The summed E-state index contributed by atoms with van der Waals surface area (Å²) in [6.07, 6.45) is 8.53. The number of pyridine rings is 1. The minimum Gasteiger partial charge on any atom is -0.324 e. The number of hydrogen-bond acceptors (Lipinski definition) is 7. The fraction of sp³-hybridized carbons (Fsp3) is 0.167. The van der Waals surface area contributed by atoms with E-state index in [9.17, 15) is 9.59 Å². The predicted molar refractivity (Wildman–Crippen MR) is 155 cm³/mol. The van der Waals surface area contributed by atoms with Gasteiger partial charge in [-0.15, -0.1) is 0 Å². The molecule has 39 heavy (non-hydrogen) atoms. The number of rotatable bonds is 9. The van der Waals surface area contributed by atoms with Gasteiger partial charge in [0.25, 0.3) is 5.91 Å². The smallest absolute Gasteiger partial charge is 0.255 e. The van der Waals surface area contributed by atoms with E-state index in [4.69, 9.17) is 0 Å². The molecule has 2 heterocycles. The van der Waals surface area contributed by atoms with Crippen molar-refractivity contribution in [3.05, 3.63) is 102 Å². The maximum atomic E-state index is 12.9. The fourth-order valence-electron chi connectivity index (χ4n) is 3.80. The maximum absolute atomic E-state index is 12.9. The number of benzene rings is 2. The zero-order chi connectivity index (χ0) is 27.8. The normalized spacial score (nSPS) is 11.0. The Morgan fingerprint density at radius 1 is 0.923 bits per heavy atom. The summed E-state index contributed by atoms with van der Waals surface area (Å²) < 4.78 is 0. The summed E-state index contributed by atoms with van der Waals surface area (Å²) in [5.41, 5.74) is 6.02. The Kier molecular flexibility index (Phi) is 8.75. The molecule has 0 unspecified atom stereocenters. The zero-order valence-electron chi connectivity index (χ0n) is 22.4. The average molecular weight is 522 g/mol. The van der Waals surface area contributed by atoms with E-state index in [1.54, 1.807) is 48.9 Å². The Morgan fingerprint density at radius 2 is 1.74 bits per heavy atom. The second-order valence-corrected chi connectivity index (χ2v) is 9.31. The Bertz CT molecular complexity index is 1500. The first-order valence-corrected chi connectivity index (χ1v) is 12.4. The van der Waals surface area contributed by atoms with Gasteiger partial charge < -0.3 is 20.9 Å². The van der Waals surface area contributed by atoms with Gasteiger partial charge in [-0.2, -0.15) is 0 Å². The van der Waals surface area contributed by atoms with Crippen molar-refractivity contribution in [3.63, 3.8) is 0 Å². The lowest BCUT2D eigenvalue weighted by Gasteiger charge is -2.13. The largest absolute Gasteiger partial charge is 0.324 e. The minimum atomic E-state index is -0.280. The number of anilines is 4. The van der Waals surface area contributed by atoms with Crippen LogP contribution in [0.15, 0.2) is 85.3 Å². The molecule has 2 aromatic carbocycles. The second-order valence-electron chi connectivity index (χ2n) is 9.31. The van der Waals surface area contributed by atoms with Crippen LogP contribution in [0.3, 0.4) is 0 Å². The number of aryl methyl sites for hydroxylation is 2. The van der Waals surface area contributed by atoms with Crippen LogP contribution >= 0.6 is 0 Å². The second kappa shape index (κ2) is 12.6. The zero-order valence-corrected chi connectivity index (χ0v) is 22.4. The van der Waals surface area contributed by atoms with Crippen molar-refractivity contribution < 1.29 is 9.59 Å². The fourth-order valence-corrected chi connectivity index (χ4v) is 3.80. The van der Waals surface area contributed by atoms with E-state index in [1.165, 1.54) is 6.08 Å². The van der Waals surface area contributed by atoms with Crippen molar-refractivity contribution >= 4 is 34.8 Å². The molecule has 0 atom stereocenters. The van der Waals surface area contributed by atoms with Gasteiger partial charge in [0.1, 0.15) is 0 Å². The van der Waals surface area contributed by atoms with Crippen molar-refractivity contribution in [2.45, 2.75) is 13.8 Å². The molecule has 4 aromatic rings. The number of likely N-dealkylation sites (N-methyl/N-ethyl adjacent to an activating group) is 1. The van der Waals surface area contributed by atoms with E-state index in [1.807, 2.05) is 63.2 Å². The first kappa shape index (κ1) is 27.2. The minimum absolute atomic E-state index is 0.252. The molecule has 0 aliphatic carbocycles. The number of nitrogens with one attached hydrogen (secondary N) is 3. The predicted octanol–water partition coefficient (Wildman–Crippen LogP) is 5.21. The SMILES string of the molecule is Cc1cc(NC(=O)c2cccc(NC(=O)/C=C/CN(C)C)c2)ccc1Nc1ncc(C)c(-c2cccnc2)n1. The van der Waals surface area contributed by atoms with Gasteiger partial charge in [0, 0.05) is 59.4 Å². The molecule has 3 N–H and O–H groups in total. The van der Waals surface area contributed by atoms with E-state index in [0.29, 0.717) is 29.4 Å². The highest BCUT2D eigenvalue weighted by molar-refractivity contribution is 6.06. The van der Waals surface area contributed by atoms with Crippen LogP contribution < -0.4 is 16.0 Å². The molecule has 0 saturated carbocycles. The van der Waals surface area contributed by atoms with Crippen molar-refractivity contribution in [1.82, 2.24) is 19.9 Å². The molecule has 0 fully saturated rings. The third-order valence-corrected chi connectivity index (χ3v) is 5.77. The highest BCUT2D eigenvalue weighted by Crippen LogP contribution is 2.25. The van der Waals surface area contributed by atoms with Gasteiger partial charge in [-0.25, -0.2) is 9.97 Å². The molecular formula is C30H31N7O2. The van der Waals surface area contributed by atoms with Crippen LogP contribution in [0, 0.1) is 13.8 Å². The number of hydrogen-bond donors (Lipinski definition) is 3. The highest BCUT2D eigenvalue weighted by atomic mass is 16.2. The van der Waals surface area contributed by atoms with Gasteiger partial charge in [-0.3, -0.25) is 14.6 Å². The van der Waals surface area contributed by atoms with Gasteiger partial charge in [-0.05, 0) is 87.6 Å². The van der Waals surface area contributed by atoms with Crippen molar-refractivity contribution in [2.75, 3.05) is 36.6 Å². The molecule has 4 rings (SSSR count). The van der Waals surface area contributed by atoms with E-state index < -0.39 is 0 Å². The quantitative estimate of drug-likeness (QED) is 0.259. The summed E-state index contributed by atoms with van der Waals surface area (Å²) in [6.45, 7) is 4.56. The van der Waals surface area contributed by atoms with Crippen LogP contribution in [0.2, 0.25) is 0 Å². The molecule has 0 saturated heterocycles. The Hall–Kier alpha value is -4.89. The van der Waals surface area contributed by atoms with E-state index in [0.717, 1.165) is 28.1 Å². The van der Waals surface area contributed by atoms with E-state index >= 15 is 0 Å². The standard InChI is InChI=1S/C30H31N7O2/c1-20-16-25(34-29(39)22-8-5-10-24(17-22)33-27(38)11-7-15-37(3)4)12-13-26(20)35-30-32-18-21(2)28(36-30)23-9-6-14-31-19-23/h5-14,16-19H,15H2,1-4H3,(H,33,38)(H,34,39)(H,32,35,36)/b11-7+. The molecule has 9 nitrogen and oxygen atoms in total. The van der Waals surface area contributed by atoms with Crippen molar-refractivity contribution in [1.29, 1.82) is 0 Å². The summed E-state index contributed by atoms with van der Waals surface area (Å²) >= 11 is 0. The molecular weight excluding hydrogens is 490 g/mol. The number of carbonyl (C=O) groups excluding carboxylic acids is 2. The third kappa shape index (κ3) is 7.56. The van der Waals surface area contributed by atoms with Crippen LogP contribution in [0.25, 0.3) is 11.3 Å². The monoisotopic (exact) mass is 521 g/mol. The van der Waals surface area contributed by atoms with E-state index in [-0.39, 0.29) is 11.8 Å². The van der Waals surface area contributed by atoms with Crippen molar-refractivity contribution in [3.8, 4) is 11.3 Å². The molecule has 2 aromatic heterocycles. The van der Waals surface area contributed by atoms with Crippen LogP contribution in [0.1, 0.15) is 21.5 Å². The summed E-state index contributed by atoms with van der Waals surface area (Å²) in [6, 6.07) is 16.2. The van der Waals surface area contributed by atoms with Crippen LogP contribution in [0.4, 0.5) is 23.0 Å². The average Bonchev–Trinajstić information content (AvgIpc) is 2.91. The Balaban J connectivity index is 1.42. The molecule has 0 radical (unpaired) electrons. The number of aromatic nitrogens is 3. The Morgan fingerprint density at radius 3 is 2.49 bits per heavy atom. The highest BCUT2D eigenvalue weighted by Gasteiger charge is 2.11. The number of nitrogens with zero attached hydrogens (tertiary/aromatic N) is 4. The molecule has 9 heteroatoms. The lowest BCUT2D eigenvalue weighted by molar-refractivity contribution is -0.111. The summed E-state index contributed by atoms with van der Waals surface area (Å²) in [7, 11) is 3.85. The van der Waals surface area contributed by atoms with Crippen LogP contribution in [-0.4, -0.2) is 52.3 Å². The van der Waals surface area contributed by atoms with Crippen molar-refractivity contribution in [2.24, 2.45) is 0 Å². The third-order valence-electron chi connectivity index (χ3n) is 5.77. The number of amides is 2.